The van der Waals surface area contributed by atoms with Crippen LogP contribution in [-0.4, -0.2) is 32.9 Å². The van der Waals surface area contributed by atoms with E-state index < -0.39 is 0 Å². The monoisotopic (exact) mass is 333 g/mol. The van der Waals surface area contributed by atoms with E-state index in [1.165, 1.54) is 6.07 Å². The molecule has 0 bridgehead atoms. The first kappa shape index (κ1) is 16.4. The van der Waals surface area contributed by atoms with Crippen molar-refractivity contribution in [3.8, 4) is 5.75 Å². The minimum atomic E-state index is -0.376. The molecule has 1 rings (SSSR count). The molecule has 0 aliphatic heterocycles. The van der Waals surface area contributed by atoms with Crippen LogP contribution in [0.2, 0.25) is 0 Å². The normalized spacial score (nSPS) is 12.7. The quantitative estimate of drug-likeness (QED) is 0.792. The lowest BCUT2D eigenvalue weighted by atomic mass is 10.2. The zero-order chi connectivity index (χ0) is 14.3. The van der Waals surface area contributed by atoms with E-state index in [9.17, 15) is 4.39 Å². The van der Waals surface area contributed by atoms with Gasteiger partial charge in [0.15, 0.2) is 11.6 Å². The van der Waals surface area contributed by atoms with Gasteiger partial charge in [0.1, 0.15) is 6.10 Å². The van der Waals surface area contributed by atoms with Crippen LogP contribution in [0.25, 0.3) is 0 Å². The number of nitrogens with one attached hydrogen (secondary N) is 1. The van der Waals surface area contributed by atoms with Crippen LogP contribution in [0.1, 0.15) is 13.8 Å². The van der Waals surface area contributed by atoms with Gasteiger partial charge in [-0.05, 0) is 30.7 Å². The van der Waals surface area contributed by atoms with E-state index in [0.717, 1.165) is 6.54 Å². The van der Waals surface area contributed by atoms with Gasteiger partial charge < -0.3 is 14.8 Å². The minimum Gasteiger partial charge on any atom is -0.484 e. The zero-order valence-corrected chi connectivity index (χ0v) is 13.2. The fourth-order valence-corrected chi connectivity index (χ4v) is 1.94. The average molecular weight is 334 g/mol. The Morgan fingerprint density at radius 3 is 2.63 bits per heavy atom. The first-order valence-electron chi connectivity index (χ1n) is 6.34. The Balaban J connectivity index is 2.56. The van der Waals surface area contributed by atoms with Crippen molar-refractivity contribution in [3.05, 3.63) is 28.5 Å². The summed E-state index contributed by atoms with van der Waals surface area (Å²) in [7, 11) is 1.61. The lowest BCUT2D eigenvalue weighted by Crippen LogP contribution is -2.36. The number of hydrogen-bond donors (Lipinski definition) is 1. The Hall–Kier alpha value is -0.650. The maximum Gasteiger partial charge on any atom is 0.166 e. The third-order valence-electron chi connectivity index (χ3n) is 2.46. The molecule has 108 valence electrons. The smallest absolute Gasteiger partial charge is 0.166 e. The first-order valence-corrected chi connectivity index (χ1v) is 7.13. The van der Waals surface area contributed by atoms with E-state index in [0.29, 0.717) is 23.5 Å². The van der Waals surface area contributed by atoms with Gasteiger partial charge in [-0.15, -0.1) is 0 Å². The maximum absolute atomic E-state index is 13.7. The van der Waals surface area contributed by atoms with Crippen LogP contribution in [0.3, 0.4) is 0 Å². The average Bonchev–Trinajstić information content (AvgIpc) is 2.32. The lowest BCUT2D eigenvalue weighted by Gasteiger charge is -2.20. The molecule has 1 atom stereocenters. The fourth-order valence-electron chi connectivity index (χ4n) is 1.60. The van der Waals surface area contributed by atoms with Crippen LogP contribution in [0, 0.1) is 11.7 Å². The molecule has 1 aromatic carbocycles. The van der Waals surface area contributed by atoms with Crippen molar-refractivity contribution in [2.24, 2.45) is 5.92 Å². The Kier molecular flexibility index (Phi) is 7.34. The summed E-state index contributed by atoms with van der Waals surface area (Å²) in [6.07, 6.45) is -0.209. The van der Waals surface area contributed by atoms with E-state index in [4.69, 9.17) is 9.47 Å². The van der Waals surface area contributed by atoms with Crippen LogP contribution in [0.5, 0.6) is 5.75 Å². The van der Waals surface area contributed by atoms with Gasteiger partial charge >= 0.3 is 0 Å². The van der Waals surface area contributed by atoms with Crippen LogP contribution >= 0.6 is 15.9 Å². The van der Waals surface area contributed by atoms with Gasteiger partial charge in [0, 0.05) is 18.1 Å². The molecule has 0 amide bonds. The second kappa shape index (κ2) is 8.51. The molecular formula is C14H21BrFNO2. The van der Waals surface area contributed by atoms with Crippen molar-refractivity contribution < 1.29 is 13.9 Å². The number of ether oxygens (including phenoxy) is 2. The van der Waals surface area contributed by atoms with E-state index in [1.807, 2.05) is 0 Å². The highest BCUT2D eigenvalue weighted by Gasteiger charge is 2.13. The summed E-state index contributed by atoms with van der Waals surface area (Å²) in [5, 5.41) is 3.28. The van der Waals surface area contributed by atoms with E-state index in [1.54, 1.807) is 19.2 Å². The highest BCUT2D eigenvalue weighted by atomic mass is 79.9. The van der Waals surface area contributed by atoms with Crippen LogP contribution < -0.4 is 10.1 Å². The highest BCUT2D eigenvalue weighted by Crippen LogP contribution is 2.22. The molecule has 0 heterocycles. The molecule has 5 heteroatoms. The standard InChI is InChI=1S/C14H21BrFNO2/c1-10(2)7-17-8-12(9-18-3)19-14-5-4-11(15)6-13(14)16/h4-6,10,12,17H,7-9H2,1-3H3. The van der Waals surface area contributed by atoms with Crippen LogP contribution in [-0.2, 0) is 4.74 Å². The minimum absolute atomic E-state index is 0.209. The summed E-state index contributed by atoms with van der Waals surface area (Å²) in [5.41, 5.74) is 0. The van der Waals surface area contributed by atoms with Crippen molar-refractivity contribution in [1.82, 2.24) is 5.32 Å². The molecule has 0 saturated carbocycles. The van der Waals surface area contributed by atoms with Gasteiger partial charge in [-0.3, -0.25) is 0 Å². The van der Waals surface area contributed by atoms with Crippen molar-refractivity contribution in [1.29, 1.82) is 0 Å². The molecule has 0 aliphatic rings. The van der Waals surface area contributed by atoms with Crippen molar-refractivity contribution in [2.75, 3.05) is 26.8 Å². The number of hydrogen-bond acceptors (Lipinski definition) is 3. The summed E-state index contributed by atoms with van der Waals surface area (Å²) in [5.74, 6) is 0.434. The van der Waals surface area contributed by atoms with Crippen molar-refractivity contribution >= 4 is 15.9 Å². The Labute approximate surface area is 122 Å². The summed E-state index contributed by atoms with van der Waals surface area (Å²) in [6.45, 7) is 6.20. The van der Waals surface area contributed by atoms with Gasteiger partial charge in [-0.25, -0.2) is 4.39 Å². The topological polar surface area (TPSA) is 30.5 Å². The predicted molar refractivity (Wildman–Crippen MR) is 78.1 cm³/mol. The Bertz CT molecular complexity index is 388. The van der Waals surface area contributed by atoms with Gasteiger partial charge in [0.2, 0.25) is 0 Å². The molecule has 1 unspecified atom stereocenters. The maximum atomic E-state index is 13.7. The molecule has 1 aromatic rings. The number of rotatable bonds is 8. The number of halogens is 2. The van der Waals surface area contributed by atoms with Gasteiger partial charge in [-0.2, -0.15) is 0 Å². The summed E-state index contributed by atoms with van der Waals surface area (Å²) in [4.78, 5) is 0. The molecular weight excluding hydrogens is 313 g/mol. The molecule has 0 aromatic heterocycles. The summed E-state index contributed by atoms with van der Waals surface area (Å²) < 4.78 is 25.1. The molecule has 19 heavy (non-hydrogen) atoms. The number of methoxy groups -OCH3 is 1. The lowest BCUT2D eigenvalue weighted by molar-refractivity contribution is 0.0775. The molecule has 3 nitrogen and oxygen atoms in total. The van der Waals surface area contributed by atoms with Crippen LogP contribution in [0.4, 0.5) is 4.39 Å². The second-order valence-corrected chi connectivity index (χ2v) is 5.74. The van der Waals surface area contributed by atoms with Crippen molar-refractivity contribution in [3.63, 3.8) is 0 Å². The van der Waals surface area contributed by atoms with E-state index in [2.05, 4.69) is 35.1 Å². The molecule has 0 saturated heterocycles. The zero-order valence-electron chi connectivity index (χ0n) is 11.6. The molecule has 0 spiro atoms. The third kappa shape index (κ3) is 6.36. The predicted octanol–water partition coefficient (Wildman–Crippen LogP) is 3.23. The summed E-state index contributed by atoms with van der Waals surface area (Å²) >= 11 is 3.22. The highest BCUT2D eigenvalue weighted by molar-refractivity contribution is 9.10. The van der Waals surface area contributed by atoms with Crippen LogP contribution in [0.15, 0.2) is 22.7 Å². The summed E-state index contributed by atoms with van der Waals surface area (Å²) in [6, 6.07) is 4.76. The largest absolute Gasteiger partial charge is 0.484 e. The van der Waals surface area contributed by atoms with E-state index >= 15 is 0 Å². The first-order chi connectivity index (χ1) is 9.02. The van der Waals surface area contributed by atoms with Gasteiger partial charge in [0.05, 0.1) is 6.61 Å². The van der Waals surface area contributed by atoms with Gasteiger partial charge in [0.25, 0.3) is 0 Å². The molecule has 1 N–H and O–H groups in total. The molecule has 0 fully saturated rings. The number of benzene rings is 1. The fraction of sp³-hybridized carbons (Fsp3) is 0.571. The Morgan fingerprint density at radius 2 is 2.05 bits per heavy atom. The van der Waals surface area contributed by atoms with E-state index in [-0.39, 0.29) is 17.7 Å². The Morgan fingerprint density at radius 1 is 1.32 bits per heavy atom. The molecule has 0 radical (unpaired) electrons. The van der Waals surface area contributed by atoms with Gasteiger partial charge in [-0.1, -0.05) is 29.8 Å². The molecule has 0 aliphatic carbocycles. The SMILES string of the molecule is COCC(CNCC(C)C)Oc1ccc(Br)cc1F. The van der Waals surface area contributed by atoms with Crippen molar-refractivity contribution in [2.45, 2.75) is 20.0 Å². The second-order valence-electron chi connectivity index (χ2n) is 4.82. The third-order valence-corrected chi connectivity index (χ3v) is 2.96.